The molecule has 2 rings (SSSR count). The second kappa shape index (κ2) is 7.95. The van der Waals surface area contributed by atoms with E-state index in [1.807, 2.05) is 4.90 Å². The van der Waals surface area contributed by atoms with E-state index in [0.717, 1.165) is 39.1 Å². The van der Waals surface area contributed by atoms with Gasteiger partial charge >= 0.3 is 5.97 Å². The van der Waals surface area contributed by atoms with Crippen molar-refractivity contribution in [2.45, 2.75) is 6.42 Å². The summed E-state index contributed by atoms with van der Waals surface area (Å²) in [5.74, 6) is -0.854. The van der Waals surface area contributed by atoms with E-state index in [1.54, 1.807) is 18.2 Å². The van der Waals surface area contributed by atoms with E-state index in [9.17, 15) is 9.18 Å². The van der Waals surface area contributed by atoms with E-state index in [1.165, 1.54) is 6.07 Å². The third-order valence-electron chi connectivity index (χ3n) is 3.54. The van der Waals surface area contributed by atoms with E-state index >= 15 is 0 Å². The maximum absolute atomic E-state index is 13.4. The van der Waals surface area contributed by atoms with Crippen molar-refractivity contribution in [3.05, 3.63) is 30.1 Å². The Kier molecular flexibility index (Phi) is 5.95. The topological polar surface area (TPSA) is 53.0 Å². The predicted molar refractivity (Wildman–Crippen MR) is 77.0 cm³/mol. The lowest BCUT2D eigenvalue weighted by atomic mass is 10.3. The molecule has 1 heterocycles. The SMILES string of the molecule is O=C(O)CN1CCCN(CCOc2ccccc2F)CC1. The van der Waals surface area contributed by atoms with Crippen LogP contribution in [-0.4, -0.2) is 66.8 Å². The molecule has 21 heavy (non-hydrogen) atoms. The smallest absolute Gasteiger partial charge is 0.317 e. The molecule has 1 aromatic rings. The van der Waals surface area contributed by atoms with Gasteiger partial charge in [-0.1, -0.05) is 12.1 Å². The van der Waals surface area contributed by atoms with E-state index in [4.69, 9.17) is 9.84 Å². The van der Waals surface area contributed by atoms with Crippen molar-refractivity contribution in [3.8, 4) is 5.75 Å². The van der Waals surface area contributed by atoms with E-state index in [2.05, 4.69) is 4.90 Å². The number of aliphatic carboxylic acids is 1. The molecule has 116 valence electrons. The largest absolute Gasteiger partial charge is 0.489 e. The van der Waals surface area contributed by atoms with Gasteiger partial charge in [0.05, 0.1) is 6.54 Å². The van der Waals surface area contributed by atoms with Crippen LogP contribution >= 0.6 is 0 Å². The summed E-state index contributed by atoms with van der Waals surface area (Å²) in [4.78, 5) is 14.9. The Morgan fingerprint density at radius 3 is 2.67 bits per heavy atom. The minimum atomic E-state index is -0.786. The van der Waals surface area contributed by atoms with Gasteiger partial charge in [-0.25, -0.2) is 4.39 Å². The molecule has 0 unspecified atom stereocenters. The van der Waals surface area contributed by atoms with Crippen LogP contribution in [0.2, 0.25) is 0 Å². The van der Waals surface area contributed by atoms with Crippen LogP contribution in [0.3, 0.4) is 0 Å². The number of carbonyl (C=O) groups is 1. The lowest BCUT2D eigenvalue weighted by molar-refractivity contribution is -0.138. The molecular formula is C15H21FN2O3. The quantitative estimate of drug-likeness (QED) is 0.857. The molecule has 0 bridgehead atoms. The van der Waals surface area contributed by atoms with Gasteiger partial charge < -0.3 is 9.84 Å². The second-order valence-electron chi connectivity index (χ2n) is 5.14. The fourth-order valence-corrected chi connectivity index (χ4v) is 2.44. The highest BCUT2D eigenvalue weighted by Gasteiger charge is 2.16. The Morgan fingerprint density at radius 1 is 1.19 bits per heavy atom. The maximum Gasteiger partial charge on any atom is 0.317 e. The molecule has 1 fully saturated rings. The van der Waals surface area contributed by atoms with Gasteiger partial charge in [0.15, 0.2) is 11.6 Å². The van der Waals surface area contributed by atoms with Crippen LogP contribution in [0.1, 0.15) is 6.42 Å². The van der Waals surface area contributed by atoms with E-state index < -0.39 is 5.97 Å². The number of halogens is 1. The number of carboxylic acids is 1. The summed E-state index contributed by atoms with van der Waals surface area (Å²) >= 11 is 0. The first-order valence-electron chi connectivity index (χ1n) is 7.19. The molecule has 6 heteroatoms. The van der Waals surface area contributed by atoms with Crippen LogP contribution < -0.4 is 4.74 Å². The lowest BCUT2D eigenvalue weighted by Gasteiger charge is -2.20. The Morgan fingerprint density at radius 2 is 1.90 bits per heavy atom. The van der Waals surface area contributed by atoms with Crippen LogP contribution in [0.4, 0.5) is 4.39 Å². The average molecular weight is 296 g/mol. The third-order valence-corrected chi connectivity index (χ3v) is 3.54. The Hall–Kier alpha value is -1.66. The fraction of sp³-hybridized carbons (Fsp3) is 0.533. The molecule has 0 aromatic heterocycles. The maximum atomic E-state index is 13.4. The molecule has 0 atom stereocenters. The third kappa shape index (κ3) is 5.32. The second-order valence-corrected chi connectivity index (χ2v) is 5.14. The summed E-state index contributed by atoms with van der Waals surface area (Å²) in [7, 11) is 0. The van der Waals surface area contributed by atoms with E-state index in [-0.39, 0.29) is 18.1 Å². The van der Waals surface area contributed by atoms with Gasteiger partial charge in [0, 0.05) is 26.2 Å². The molecule has 1 aliphatic rings. The fourth-order valence-electron chi connectivity index (χ4n) is 2.44. The number of carboxylic acid groups (broad SMARTS) is 1. The standard InChI is InChI=1S/C15H21FN2O3/c16-13-4-1-2-5-14(13)21-11-10-17-6-3-7-18(9-8-17)12-15(19)20/h1-2,4-5H,3,6-12H2,(H,19,20). The molecule has 0 spiro atoms. The highest BCUT2D eigenvalue weighted by atomic mass is 19.1. The van der Waals surface area contributed by atoms with Crippen molar-refractivity contribution >= 4 is 5.97 Å². The van der Waals surface area contributed by atoms with Crippen LogP contribution in [0, 0.1) is 5.82 Å². The number of hydrogen-bond donors (Lipinski definition) is 1. The van der Waals surface area contributed by atoms with Gasteiger partial charge in [-0.2, -0.15) is 0 Å². The van der Waals surface area contributed by atoms with Crippen LogP contribution in [0.25, 0.3) is 0 Å². The minimum Gasteiger partial charge on any atom is -0.489 e. The molecule has 1 N–H and O–H groups in total. The summed E-state index contributed by atoms with van der Waals surface area (Å²) in [6.07, 6.45) is 0.937. The zero-order chi connectivity index (χ0) is 15.1. The highest BCUT2D eigenvalue weighted by molar-refractivity contribution is 5.69. The zero-order valence-corrected chi connectivity index (χ0v) is 12.0. The average Bonchev–Trinajstić information content (AvgIpc) is 2.66. The van der Waals surface area contributed by atoms with Crippen molar-refractivity contribution in [2.24, 2.45) is 0 Å². The molecule has 0 aliphatic carbocycles. The zero-order valence-electron chi connectivity index (χ0n) is 12.0. The lowest BCUT2D eigenvalue weighted by Crippen LogP contribution is -2.35. The van der Waals surface area contributed by atoms with Gasteiger partial charge in [-0.15, -0.1) is 0 Å². The van der Waals surface area contributed by atoms with Gasteiger partial charge in [-0.3, -0.25) is 14.6 Å². The van der Waals surface area contributed by atoms with Gasteiger partial charge in [0.1, 0.15) is 6.61 Å². The number of para-hydroxylation sites is 1. The first kappa shape index (κ1) is 15.7. The number of ether oxygens (including phenoxy) is 1. The summed E-state index contributed by atoms with van der Waals surface area (Å²) in [5.41, 5.74) is 0. The van der Waals surface area contributed by atoms with Crippen molar-refractivity contribution in [1.82, 2.24) is 9.80 Å². The van der Waals surface area contributed by atoms with Crippen molar-refractivity contribution in [2.75, 3.05) is 45.9 Å². The van der Waals surface area contributed by atoms with Crippen LogP contribution in [0.5, 0.6) is 5.75 Å². The Balaban J connectivity index is 1.72. The summed E-state index contributed by atoms with van der Waals surface area (Å²) in [6.45, 7) is 4.52. The van der Waals surface area contributed by atoms with E-state index in [0.29, 0.717) is 6.61 Å². The first-order chi connectivity index (χ1) is 10.1. The predicted octanol–water partition coefficient (Wildman–Crippen LogP) is 1.30. The van der Waals surface area contributed by atoms with Gasteiger partial charge in [-0.05, 0) is 25.1 Å². The monoisotopic (exact) mass is 296 g/mol. The highest BCUT2D eigenvalue weighted by Crippen LogP contribution is 2.15. The Bertz CT molecular complexity index is 470. The summed E-state index contributed by atoms with van der Waals surface area (Å²) in [6, 6.07) is 6.37. The Labute approximate surface area is 123 Å². The summed E-state index contributed by atoms with van der Waals surface area (Å²) < 4.78 is 18.8. The van der Waals surface area contributed by atoms with Crippen LogP contribution in [-0.2, 0) is 4.79 Å². The van der Waals surface area contributed by atoms with Crippen molar-refractivity contribution in [3.63, 3.8) is 0 Å². The van der Waals surface area contributed by atoms with Gasteiger partial charge in [0.2, 0.25) is 0 Å². The van der Waals surface area contributed by atoms with Gasteiger partial charge in [0.25, 0.3) is 0 Å². The summed E-state index contributed by atoms with van der Waals surface area (Å²) in [5, 5.41) is 8.81. The molecule has 0 amide bonds. The number of benzene rings is 1. The van der Waals surface area contributed by atoms with Crippen LogP contribution in [0.15, 0.2) is 24.3 Å². The molecule has 1 aliphatic heterocycles. The molecule has 1 saturated heterocycles. The minimum absolute atomic E-state index is 0.0968. The normalized spacial score (nSPS) is 17.4. The van der Waals surface area contributed by atoms with Crippen molar-refractivity contribution in [1.29, 1.82) is 0 Å². The number of hydrogen-bond acceptors (Lipinski definition) is 4. The van der Waals surface area contributed by atoms with Crippen molar-refractivity contribution < 1.29 is 19.0 Å². The molecule has 5 nitrogen and oxygen atoms in total. The molecular weight excluding hydrogens is 275 g/mol. The number of nitrogens with zero attached hydrogens (tertiary/aromatic N) is 2. The molecule has 0 saturated carbocycles. The number of rotatable bonds is 6. The molecule has 0 radical (unpaired) electrons. The first-order valence-corrected chi connectivity index (χ1v) is 7.19. The molecule has 1 aromatic carbocycles.